The molecule has 0 aromatic heterocycles. The zero-order valence-corrected chi connectivity index (χ0v) is 16.1. The van der Waals surface area contributed by atoms with Crippen LogP contribution in [0, 0.1) is 0 Å². The summed E-state index contributed by atoms with van der Waals surface area (Å²) in [6.07, 6.45) is 0. The van der Waals surface area contributed by atoms with Crippen LogP contribution in [-0.2, 0) is 16.6 Å². The molecular formula is C18H20ClN3O3S. The lowest BCUT2D eigenvalue weighted by atomic mass is 10.2. The van der Waals surface area contributed by atoms with Crippen molar-refractivity contribution in [2.75, 3.05) is 27.2 Å². The molecule has 0 saturated heterocycles. The molecule has 0 radical (unpaired) electrons. The van der Waals surface area contributed by atoms with Gasteiger partial charge in [-0.3, -0.25) is 9.71 Å². The Hall–Kier alpha value is -2.09. The molecule has 1 heterocycles. The van der Waals surface area contributed by atoms with Crippen molar-refractivity contribution in [3.8, 4) is 5.75 Å². The molecule has 1 aliphatic heterocycles. The van der Waals surface area contributed by atoms with Gasteiger partial charge in [0.15, 0.2) is 0 Å². The number of nitrogens with one attached hydrogen (secondary N) is 1. The van der Waals surface area contributed by atoms with Gasteiger partial charge in [-0.1, -0.05) is 29.8 Å². The van der Waals surface area contributed by atoms with Gasteiger partial charge in [-0.15, -0.1) is 0 Å². The molecule has 138 valence electrons. The average molecular weight is 394 g/mol. The molecule has 1 N–H and O–H groups in total. The third-order valence-electron chi connectivity index (χ3n) is 3.76. The molecule has 2 aromatic carbocycles. The highest BCUT2D eigenvalue weighted by Crippen LogP contribution is 2.29. The van der Waals surface area contributed by atoms with E-state index in [9.17, 15) is 8.42 Å². The van der Waals surface area contributed by atoms with E-state index in [4.69, 9.17) is 16.3 Å². The van der Waals surface area contributed by atoms with Crippen molar-refractivity contribution in [2.24, 2.45) is 4.99 Å². The van der Waals surface area contributed by atoms with E-state index in [2.05, 4.69) is 14.6 Å². The number of aliphatic imine (C=N–C) groups is 1. The minimum atomic E-state index is -3.59. The van der Waals surface area contributed by atoms with Crippen LogP contribution in [0.3, 0.4) is 0 Å². The van der Waals surface area contributed by atoms with Crippen LogP contribution in [0.1, 0.15) is 11.1 Å². The number of fused-ring (bicyclic) bond motifs is 1. The van der Waals surface area contributed by atoms with E-state index in [1.165, 1.54) is 6.07 Å². The highest BCUT2D eigenvalue weighted by Gasteiger charge is 2.32. The average Bonchev–Trinajstić information content (AvgIpc) is 2.83. The Morgan fingerprint density at radius 2 is 1.96 bits per heavy atom. The first kappa shape index (κ1) is 18.7. The normalized spacial score (nSPS) is 16.5. The number of benzene rings is 2. The van der Waals surface area contributed by atoms with E-state index in [0.717, 1.165) is 17.9 Å². The summed E-state index contributed by atoms with van der Waals surface area (Å²) in [5.41, 5.74) is 1.57. The number of hydrogen-bond acceptors (Lipinski definition) is 5. The number of sulfonamides is 1. The van der Waals surface area contributed by atoms with E-state index in [0.29, 0.717) is 23.7 Å². The van der Waals surface area contributed by atoms with Crippen LogP contribution in [0.15, 0.2) is 52.4 Å². The van der Waals surface area contributed by atoms with Gasteiger partial charge in [0.2, 0.25) is 0 Å². The first-order valence-corrected chi connectivity index (χ1v) is 9.95. The van der Waals surface area contributed by atoms with Gasteiger partial charge >= 0.3 is 0 Å². The summed E-state index contributed by atoms with van der Waals surface area (Å²) in [6.45, 7) is 1.47. The second kappa shape index (κ2) is 7.65. The Kier molecular flexibility index (Phi) is 5.50. The fourth-order valence-corrected chi connectivity index (χ4v) is 4.31. The van der Waals surface area contributed by atoms with E-state index in [1.807, 2.05) is 38.4 Å². The highest BCUT2D eigenvalue weighted by atomic mass is 35.5. The minimum Gasteiger partial charge on any atom is -0.492 e. The van der Waals surface area contributed by atoms with Gasteiger partial charge in [-0.2, -0.15) is 0 Å². The second-order valence-electron chi connectivity index (χ2n) is 6.18. The van der Waals surface area contributed by atoms with Crippen molar-refractivity contribution < 1.29 is 13.2 Å². The van der Waals surface area contributed by atoms with Crippen molar-refractivity contribution in [1.29, 1.82) is 0 Å². The number of nitrogens with zero attached hydrogens (tertiary/aromatic N) is 2. The van der Waals surface area contributed by atoms with Crippen LogP contribution in [0.25, 0.3) is 0 Å². The maximum Gasteiger partial charge on any atom is 0.263 e. The molecule has 0 spiro atoms. The van der Waals surface area contributed by atoms with Gasteiger partial charge in [-0.25, -0.2) is 8.42 Å². The Labute approximate surface area is 158 Å². The van der Waals surface area contributed by atoms with Gasteiger partial charge in [0.25, 0.3) is 10.0 Å². The predicted octanol–water partition coefficient (Wildman–Crippen LogP) is 2.52. The summed E-state index contributed by atoms with van der Waals surface area (Å²) < 4.78 is 32.4. The zero-order valence-electron chi connectivity index (χ0n) is 14.6. The first-order chi connectivity index (χ1) is 12.4. The number of rotatable bonds is 6. The van der Waals surface area contributed by atoms with Crippen molar-refractivity contribution in [3.05, 3.63) is 58.6 Å². The fourth-order valence-electron chi connectivity index (χ4n) is 2.72. The Bertz CT molecular complexity index is 942. The third kappa shape index (κ3) is 4.17. The number of ether oxygens (including phenoxy) is 1. The Balaban J connectivity index is 1.66. The smallest absolute Gasteiger partial charge is 0.263 e. The van der Waals surface area contributed by atoms with Crippen LogP contribution in [0.2, 0.25) is 5.02 Å². The van der Waals surface area contributed by atoms with Gasteiger partial charge in [0, 0.05) is 6.54 Å². The monoisotopic (exact) mass is 393 g/mol. The summed E-state index contributed by atoms with van der Waals surface area (Å²) in [6, 6.07) is 12.6. The molecule has 0 atom stereocenters. The summed E-state index contributed by atoms with van der Waals surface area (Å²) >= 11 is 6.14. The number of hydrogen-bond donors (Lipinski definition) is 1. The standard InChI is InChI=1S/C18H20ClN3O3S/c1-22(2)12-13-5-3-6-14(11-13)25-10-9-20-18-17-15(19)7-4-8-16(17)26(23,24)21-18/h3-8,11H,9-10,12H2,1-2H3,(H,20,21). The maximum absolute atomic E-state index is 12.1. The molecule has 2 aromatic rings. The fraction of sp³-hybridized carbons (Fsp3) is 0.278. The molecule has 0 amide bonds. The summed E-state index contributed by atoms with van der Waals surface area (Å²) in [4.78, 5) is 6.55. The van der Waals surface area contributed by atoms with Crippen LogP contribution < -0.4 is 9.46 Å². The van der Waals surface area contributed by atoms with Crippen LogP contribution >= 0.6 is 11.6 Å². The molecule has 26 heavy (non-hydrogen) atoms. The molecule has 0 fully saturated rings. The lowest BCUT2D eigenvalue weighted by Gasteiger charge is -2.11. The molecule has 1 aliphatic rings. The summed E-state index contributed by atoms with van der Waals surface area (Å²) in [7, 11) is 0.424. The van der Waals surface area contributed by atoms with Crippen LogP contribution in [0.5, 0.6) is 5.75 Å². The molecule has 3 rings (SSSR count). The lowest BCUT2D eigenvalue weighted by molar-refractivity contribution is 0.327. The molecule has 0 saturated carbocycles. The predicted molar refractivity (Wildman–Crippen MR) is 103 cm³/mol. The molecular weight excluding hydrogens is 374 g/mol. The van der Waals surface area contributed by atoms with E-state index in [1.54, 1.807) is 12.1 Å². The Morgan fingerprint density at radius 3 is 2.73 bits per heavy atom. The van der Waals surface area contributed by atoms with Crippen LogP contribution in [-0.4, -0.2) is 46.4 Å². The van der Waals surface area contributed by atoms with Crippen LogP contribution in [0.4, 0.5) is 0 Å². The largest absolute Gasteiger partial charge is 0.492 e. The minimum absolute atomic E-state index is 0.154. The van der Waals surface area contributed by atoms with E-state index < -0.39 is 10.0 Å². The van der Waals surface area contributed by atoms with Gasteiger partial charge in [0.1, 0.15) is 18.2 Å². The van der Waals surface area contributed by atoms with Gasteiger partial charge in [-0.05, 0) is 43.9 Å². The second-order valence-corrected chi connectivity index (χ2v) is 8.24. The van der Waals surface area contributed by atoms with Gasteiger partial charge < -0.3 is 9.64 Å². The quantitative estimate of drug-likeness (QED) is 0.765. The molecule has 0 aliphatic carbocycles. The van der Waals surface area contributed by atoms with E-state index in [-0.39, 0.29) is 10.7 Å². The Morgan fingerprint density at radius 1 is 1.19 bits per heavy atom. The topological polar surface area (TPSA) is 71.0 Å². The van der Waals surface area contributed by atoms with Gasteiger partial charge in [0.05, 0.1) is 22.0 Å². The summed E-state index contributed by atoms with van der Waals surface area (Å²) in [5.74, 6) is 1.02. The molecule has 0 unspecified atom stereocenters. The van der Waals surface area contributed by atoms with Crippen molar-refractivity contribution in [1.82, 2.24) is 9.62 Å². The van der Waals surface area contributed by atoms with Crippen molar-refractivity contribution >= 4 is 27.5 Å². The number of amidine groups is 1. The molecule has 6 nitrogen and oxygen atoms in total. The number of halogens is 1. The maximum atomic E-state index is 12.1. The molecule has 0 bridgehead atoms. The lowest BCUT2D eigenvalue weighted by Crippen LogP contribution is -2.23. The SMILES string of the molecule is CN(C)Cc1cccc(OCCN=C2NS(=O)(=O)c3cccc(Cl)c32)c1. The first-order valence-electron chi connectivity index (χ1n) is 8.09. The summed E-state index contributed by atoms with van der Waals surface area (Å²) in [5, 5.41) is 0.354. The third-order valence-corrected chi connectivity index (χ3v) is 5.46. The highest BCUT2D eigenvalue weighted by molar-refractivity contribution is 7.90. The van der Waals surface area contributed by atoms with E-state index >= 15 is 0 Å². The molecule has 8 heteroatoms. The van der Waals surface area contributed by atoms with Crippen molar-refractivity contribution in [2.45, 2.75) is 11.4 Å². The van der Waals surface area contributed by atoms with Crippen molar-refractivity contribution in [3.63, 3.8) is 0 Å². The zero-order chi connectivity index (χ0) is 18.7.